The molecule has 46 heavy (non-hydrogen) atoms. The predicted octanol–water partition coefficient (Wildman–Crippen LogP) is 5.31. The summed E-state index contributed by atoms with van der Waals surface area (Å²) in [6, 6.07) is 13.7. The summed E-state index contributed by atoms with van der Waals surface area (Å²) in [6.07, 6.45) is 2.68. The lowest BCUT2D eigenvalue weighted by atomic mass is 9.99. The third kappa shape index (κ3) is 6.12. The van der Waals surface area contributed by atoms with Crippen molar-refractivity contribution < 1.29 is 19.1 Å². The van der Waals surface area contributed by atoms with E-state index in [4.69, 9.17) is 21.3 Å². The second-order valence-electron chi connectivity index (χ2n) is 11.2. The van der Waals surface area contributed by atoms with Crippen LogP contribution in [-0.2, 0) is 9.59 Å². The number of nitrogens with zero attached hydrogens (tertiary/aromatic N) is 6. The minimum absolute atomic E-state index is 0.0770. The van der Waals surface area contributed by atoms with Crippen molar-refractivity contribution in [1.29, 1.82) is 0 Å². The summed E-state index contributed by atoms with van der Waals surface area (Å²) in [5.74, 6) is 1.39. The molecule has 1 atom stereocenters. The Morgan fingerprint density at radius 2 is 1.61 bits per heavy atom. The van der Waals surface area contributed by atoms with Gasteiger partial charge in [-0.3, -0.25) is 23.9 Å². The van der Waals surface area contributed by atoms with E-state index in [0.29, 0.717) is 48.3 Å². The number of hydrogen-bond donors (Lipinski definition) is 0. The van der Waals surface area contributed by atoms with Gasteiger partial charge in [0.25, 0.3) is 0 Å². The van der Waals surface area contributed by atoms with Gasteiger partial charge < -0.3 is 14.5 Å². The fourth-order valence-electron chi connectivity index (χ4n) is 5.71. The van der Waals surface area contributed by atoms with E-state index in [1.165, 1.54) is 17.0 Å². The summed E-state index contributed by atoms with van der Waals surface area (Å²) in [7, 11) is 1.56. The molecule has 0 unspecified atom stereocenters. The van der Waals surface area contributed by atoms with Crippen molar-refractivity contribution in [2.75, 3.05) is 33.3 Å². The van der Waals surface area contributed by atoms with E-state index in [-0.39, 0.29) is 24.0 Å². The van der Waals surface area contributed by atoms with Crippen molar-refractivity contribution in [3.8, 4) is 10.8 Å². The molecule has 2 aromatic carbocycles. The van der Waals surface area contributed by atoms with Crippen LogP contribution in [0.3, 0.4) is 0 Å². The van der Waals surface area contributed by atoms with Crippen molar-refractivity contribution in [3.05, 3.63) is 104 Å². The summed E-state index contributed by atoms with van der Waals surface area (Å²) in [4.78, 5) is 48.9. The molecule has 1 saturated heterocycles. The highest BCUT2D eigenvalue weighted by atomic mass is 35.5. The van der Waals surface area contributed by atoms with Crippen LogP contribution in [-0.4, -0.2) is 81.2 Å². The molecule has 0 N–H and O–H groups in total. The minimum Gasteiger partial charge on any atom is -0.497 e. The zero-order chi connectivity index (χ0) is 32.5. The topological polar surface area (TPSA) is 110 Å². The lowest BCUT2D eigenvalue weighted by Crippen LogP contribution is -2.50. The summed E-state index contributed by atoms with van der Waals surface area (Å²) in [5.41, 5.74) is 4.30. The van der Waals surface area contributed by atoms with Gasteiger partial charge in [-0.2, -0.15) is 0 Å². The number of aliphatic imine (C=N–C) groups is 1. The van der Waals surface area contributed by atoms with E-state index in [2.05, 4.69) is 24.0 Å². The Morgan fingerprint density at radius 3 is 2.28 bits per heavy atom. The number of aromatic nitrogens is 3. The first-order valence-corrected chi connectivity index (χ1v) is 16.1. The van der Waals surface area contributed by atoms with E-state index in [1.54, 1.807) is 52.5 Å². The largest absolute Gasteiger partial charge is 0.497 e. The van der Waals surface area contributed by atoms with Crippen LogP contribution in [0.25, 0.3) is 5.00 Å². The monoisotopic (exact) mass is 656 g/mol. The number of benzene rings is 2. The molecule has 2 amide bonds. The molecular formula is C34H33ClN6O4S. The molecule has 0 spiro atoms. The minimum atomic E-state index is -0.565. The first kappa shape index (κ1) is 31.4. The van der Waals surface area contributed by atoms with Crippen LogP contribution < -0.4 is 4.74 Å². The molecule has 0 radical (unpaired) electrons. The molecule has 2 aliphatic heterocycles. The number of methoxy groups -OCH3 is 1. The standard InChI is InChI=1S/C34H33ClN6O4S/c1-20-21(2)46-34-31(20)32(24-5-9-25(35)10-6-24)36-27(33-38-37-22(3)41(33)34)19-30(44)40-17-15-39(16-18-40)29(43)14-13-28(42)23-7-11-26(45-4)12-8-23/h5-14,27H,15-19H2,1-4H3/b14-13+/t27-/m0/s1. The number of carbonyl (C=O) groups is 3. The number of piperazine rings is 1. The Hall–Kier alpha value is -4.61. The SMILES string of the molecule is COc1ccc(C(=O)/C=C/C(=O)N2CCN(C(=O)C[C@@H]3N=C(c4ccc(Cl)cc4)c4c(sc(C)c4C)-n4c(C)nnc43)CC2)cc1. The number of amides is 2. The Balaban J connectivity index is 1.17. The van der Waals surface area contributed by atoms with E-state index < -0.39 is 6.04 Å². The highest BCUT2D eigenvalue weighted by molar-refractivity contribution is 7.15. The molecule has 10 nitrogen and oxygen atoms in total. The summed E-state index contributed by atoms with van der Waals surface area (Å²) in [6.45, 7) is 7.57. The van der Waals surface area contributed by atoms with Gasteiger partial charge in [0.05, 0.1) is 19.2 Å². The van der Waals surface area contributed by atoms with Crippen molar-refractivity contribution in [2.24, 2.45) is 4.99 Å². The quantitative estimate of drug-likeness (QED) is 0.197. The fraction of sp³-hybridized carbons (Fsp3) is 0.294. The van der Waals surface area contributed by atoms with Crippen molar-refractivity contribution in [2.45, 2.75) is 33.2 Å². The number of allylic oxidation sites excluding steroid dienone is 1. The lowest BCUT2D eigenvalue weighted by Gasteiger charge is -2.34. The molecule has 0 saturated carbocycles. The third-order valence-electron chi connectivity index (χ3n) is 8.42. The van der Waals surface area contributed by atoms with Gasteiger partial charge in [0, 0.05) is 58.8 Å². The lowest BCUT2D eigenvalue weighted by molar-refractivity contribution is -0.137. The van der Waals surface area contributed by atoms with Crippen LogP contribution in [0.15, 0.2) is 65.7 Å². The highest BCUT2D eigenvalue weighted by Crippen LogP contribution is 2.39. The van der Waals surface area contributed by atoms with Crippen LogP contribution in [0.1, 0.15) is 56.0 Å². The molecule has 2 aliphatic rings. The van der Waals surface area contributed by atoms with Gasteiger partial charge in [0.1, 0.15) is 22.6 Å². The number of fused-ring (bicyclic) bond motifs is 3. The molecule has 12 heteroatoms. The molecule has 1 fully saturated rings. The molecule has 236 valence electrons. The molecule has 4 heterocycles. The van der Waals surface area contributed by atoms with Crippen molar-refractivity contribution in [1.82, 2.24) is 24.6 Å². The number of ether oxygens (including phenoxy) is 1. The van der Waals surface area contributed by atoms with Gasteiger partial charge in [-0.1, -0.05) is 23.7 Å². The number of ketones is 1. The van der Waals surface area contributed by atoms with Crippen LogP contribution in [0.2, 0.25) is 5.02 Å². The maximum absolute atomic E-state index is 13.7. The van der Waals surface area contributed by atoms with Gasteiger partial charge in [0.15, 0.2) is 11.6 Å². The van der Waals surface area contributed by atoms with E-state index in [9.17, 15) is 14.4 Å². The highest BCUT2D eigenvalue weighted by Gasteiger charge is 2.34. The first-order valence-electron chi connectivity index (χ1n) is 14.9. The predicted molar refractivity (Wildman–Crippen MR) is 178 cm³/mol. The van der Waals surface area contributed by atoms with Gasteiger partial charge in [-0.25, -0.2) is 0 Å². The average Bonchev–Trinajstić information content (AvgIpc) is 3.55. The van der Waals surface area contributed by atoms with Gasteiger partial charge >= 0.3 is 0 Å². The van der Waals surface area contributed by atoms with Crippen molar-refractivity contribution >= 4 is 46.2 Å². The smallest absolute Gasteiger partial charge is 0.246 e. The number of thiophene rings is 1. The Morgan fingerprint density at radius 1 is 0.935 bits per heavy atom. The Bertz CT molecular complexity index is 1870. The Labute approximate surface area is 276 Å². The summed E-state index contributed by atoms with van der Waals surface area (Å²) >= 11 is 7.88. The zero-order valence-corrected chi connectivity index (χ0v) is 27.6. The molecular weight excluding hydrogens is 624 g/mol. The summed E-state index contributed by atoms with van der Waals surface area (Å²) in [5, 5.41) is 10.5. The maximum Gasteiger partial charge on any atom is 0.246 e. The van der Waals surface area contributed by atoms with Crippen LogP contribution in [0.4, 0.5) is 0 Å². The van der Waals surface area contributed by atoms with Crippen LogP contribution in [0.5, 0.6) is 5.75 Å². The van der Waals surface area contributed by atoms with Gasteiger partial charge in [0.2, 0.25) is 11.8 Å². The normalized spacial score (nSPS) is 16.1. The number of halogens is 1. The maximum atomic E-state index is 13.7. The molecule has 6 rings (SSSR count). The Kier molecular flexibility index (Phi) is 8.88. The zero-order valence-electron chi connectivity index (χ0n) is 26.0. The van der Waals surface area contributed by atoms with Crippen LogP contribution in [0, 0.1) is 20.8 Å². The number of hydrogen-bond acceptors (Lipinski definition) is 8. The van der Waals surface area contributed by atoms with E-state index in [0.717, 1.165) is 33.2 Å². The molecule has 2 aromatic heterocycles. The van der Waals surface area contributed by atoms with Crippen molar-refractivity contribution in [3.63, 3.8) is 0 Å². The number of aryl methyl sites for hydroxylation is 2. The molecule has 0 aliphatic carbocycles. The third-order valence-corrected chi connectivity index (χ3v) is 9.87. The van der Waals surface area contributed by atoms with Gasteiger partial charge in [-0.05, 0) is 68.8 Å². The number of carbonyl (C=O) groups excluding carboxylic acids is 3. The first-order chi connectivity index (χ1) is 22.1. The molecule has 4 aromatic rings. The molecule has 0 bridgehead atoms. The second-order valence-corrected chi connectivity index (χ2v) is 12.9. The average molecular weight is 657 g/mol. The number of rotatable bonds is 7. The van der Waals surface area contributed by atoms with E-state index >= 15 is 0 Å². The van der Waals surface area contributed by atoms with Crippen LogP contribution >= 0.6 is 22.9 Å². The van der Waals surface area contributed by atoms with E-state index in [1.807, 2.05) is 35.8 Å². The summed E-state index contributed by atoms with van der Waals surface area (Å²) < 4.78 is 7.15. The second kappa shape index (κ2) is 13.0. The van der Waals surface area contributed by atoms with Gasteiger partial charge in [-0.15, -0.1) is 21.5 Å². The fourth-order valence-corrected chi connectivity index (χ4v) is 7.05.